The molecule has 0 aliphatic carbocycles. The maximum absolute atomic E-state index is 13.4. The molecule has 1 N–H and O–H groups in total. The predicted octanol–water partition coefficient (Wildman–Crippen LogP) is 5.63. The van der Waals surface area contributed by atoms with E-state index in [0.717, 1.165) is 20.8 Å². The zero-order valence-electron chi connectivity index (χ0n) is 21.1. The Morgan fingerprint density at radius 3 is 2.39 bits per heavy atom. The highest BCUT2D eigenvalue weighted by Crippen LogP contribution is 2.28. The van der Waals surface area contributed by atoms with Gasteiger partial charge < -0.3 is 9.47 Å². The second kappa shape index (κ2) is 14.3. The molecule has 0 bridgehead atoms. The van der Waals surface area contributed by atoms with Gasteiger partial charge in [-0.3, -0.25) is 4.79 Å². The molecule has 3 aromatic rings. The summed E-state index contributed by atoms with van der Waals surface area (Å²) < 4.78 is 40.1. The molecule has 38 heavy (non-hydrogen) atoms. The van der Waals surface area contributed by atoms with Crippen LogP contribution in [0.3, 0.4) is 0 Å². The maximum Gasteiger partial charge on any atom is 0.255 e. The van der Waals surface area contributed by atoms with Gasteiger partial charge in [-0.2, -0.15) is 9.41 Å². The molecule has 0 heterocycles. The Bertz CT molecular complexity index is 1350. The molecule has 0 aliphatic heterocycles. The fourth-order valence-electron chi connectivity index (χ4n) is 3.35. The summed E-state index contributed by atoms with van der Waals surface area (Å²) in [5.41, 5.74) is 3.81. The van der Waals surface area contributed by atoms with Crippen LogP contribution in [0, 0.1) is 0 Å². The van der Waals surface area contributed by atoms with Gasteiger partial charge in [0.1, 0.15) is 0 Å². The largest absolute Gasteiger partial charge is 0.490 e. The van der Waals surface area contributed by atoms with Crippen molar-refractivity contribution in [2.24, 2.45) is 5.10 Å². The number of hydrazone groups is 1. The van der Waals surface area contributed by atoms with Crippen molar-refractivity contribution in [1.82, 2.24) is 9.73 Å². The van der Waals surface area contributed by atoms with Crippen LogP contribution in [-0.2, 0) is 21.4 Å². The molecule has 0 unspecified atom stereocenters. The minimum Gasteiger partial charge on any atom is -0.490 e. The number of halogens is 2. The fourth-order valence-corrected chi connectivity index (χ4v) is 5.13. The molecule has 0 saturated carbocycles. The van der Waals surface area contributed by atoms with E-state index >= 15 is 0 Å². The number of carbonyl (C=O) groups excluding carboxylic acids is 1. The molecule has 3 rings (SSSR count). The number of hydrogen-bond donors (Lipinski definition) is 1. The third-order valence-corrected chi connectivity index (χ3v) is 7.76. The molecule has 1 amide bonds. The Kier molecular flexibility index (Phi) is 11.1. The molecule has 0 atom stereocenters. The van der Waals surface area contributed by atoms with Crippen LogP contribution in [0.4, 0.5) is 0 Å². The van der Waals surface area contributed by atoms with Gasteiger partial charge in [0, 0.05) is 16.0 Å². The topological polar surface area (TPSA) is 97.3 Å². The molecule has 0 spiro atoms. The van der Waals surface area contributed by atoms with E-state index in [0.29, 0.717) is 35.3 Å². The summed E-state index contributed by atoms with van der Waals surface area (Å²) in [7, 11) is -4.00. The summed E-state index contributed by atoms with van der Waals surface area (Å²) >= 11 is 9.30. The number of sulfonamides is 1. The normalized spacial score (nSPS) is 11.6. The molecule has 0 aromatic heterocycles. The van der Waals surface area contributed by atoms with Crippen molar-refractivity contribution in [1.29, 1.82) is 0 Å². The van der Waals surface area contributed by atoms with Gasteiger partial charge in [-0.05, 0) is 79.1 Å². The van der Waals surface area contributed by atoms with Gasteiger partial charge in [0.2, 0.25) is 10.0 Å². The number of nitrogens with zero attached hydrogens (tertiary/aromatic N) is 2. The van der Waals surface area contributed by atoms with Gasteiger partial charge in [0.15, 0.2) is 11.5 Å². The third kappa shape index (κ3) is 8.56. The number of ether oxygens (including phenoxy) is 2. The molecule has 8 nitrogen and oxygen atoms in total. The summed E-state index contributed by atoms with van der Waals surface area (Å²) in [6, 6.07) is 18.3. The van der Waals surface area contributed by atoms with Crippen LogP contribution in [-0.4, -0.2) is 44.6 Å². The highest BCUT2D eigenvalue weighted by atomic mass is 79.9. The lowest BCUT2D eigenvalue weighted by atomic mass is 10.2. The summed E-state index contributed by atoms with van der Waals surface area (Å²) in [6.45, 7) is 4.49. The molecular weight excluding hydrogens is 594 g/mol. The Labute approximate surface area is 236 Å². The highest BCUT2D eigenvalue weighted by Gasteiger charge is 2.27. The van der Waals surface area contributed by atoms with Gasteiger partial charge in [0.05, 0.1) is 30.9 Å². The van der Waals surface area contributed by atoms with Crippen molar-refractivity contribution in [3.63, 3.8) is 0 Å². The Morgan fingerprint density at radius 2 is 1.74 bits per heavy atom. The third-order valence-electron chi connectivity index (χ3n) is 5.18. The first-order valence-electron chi connectivity index (χ1n) is 11.9. The van der Waals surface area contributed by atoms with E-state index in [2.05, 4.69) is 26.5 Å². The lowest BCUT2D eigenvalue weighted by Gasteiger charge is -2.21. The first kappa shape index (κ1) is 29.6. The van der Waals surface area contributed by atoms with E-state index in [9.17, 15) is 13.2 Å². The maximum atomic E-state index is 13.4. The summed E-state index contributed by atoms with van der Waals surface area (Å²) in [5, 5.41) is 4.42. The minimum atomic E-state index is -4.00. The zero-order chi connectivity index (χ0) is 27.5. The van der Waals surface area contributed by atoms with Crippen LogP contribution in [0.15, 0.2) is 81.2 Å². The monoisotopic (exact) mass is 621 g/mol. The SMILES string of the molecule is CCCOc1ccc(/C=N\NC(=O)CN(Cc2ccc(Br)cc2)S(=O)(=O)c2ccc(Cl)cc2)cc1OCC. The van der Waals surface area contributed by atoms with E-state index in [4.69, 9.17) is 21.1 Å². The average Bonchev–Trinajstić information content (AvgIpc) is 2.89. The Morgan fingerprint density at radius 1 is 1.03 bits per heavy atom. The average molecular weight is 623 g/mol. The molecule has 0 radical (unpaired) electrons. The van der Waals surface area contributed by atoms with Crippen LogP contribution in [0.1, 0.15) is 31.4 Å². The number of hydrogen-bond acceptors (Lipinski definition) is 6. The van der Waals surface area contributed by atoms with Gasteiger partial charge in [-0.15, -0.1) is 0 Å². The van der Waals surface area contributed by atoms with Gasteiger partial charge in [-0.25, -0.2) is 13.8 Å². The number of nitrogens with one attached hydrogen (secondary N) is 1. The molecular formula is C27H29BrClN3O5S. The number of amides is 1. The Balaban J connectivity index is 1.75. The standard InChI is InChI=1S/C27H29BrClN3O5S/c1-3-15-37-25-14-7-21(16-26(25)36-4-2)17-30-31-27(33)19-32(18-20-5-8-22(28)9-6-20)38(34,35)24-12-10-23(29)11-13-24/h5-14,16-17H,3-4,15,18-19H2,1-2H3,(H,31,33)/b30-17-. The van der Waals surface area contributed by atoms with E-state index in [-0.39, 0.29) is 11.4 Å². The summed E-state index contributed by atoms with van der Waals surface area (Å²) in [6.07, 6.45) is 2.32. The molecule has 0 fully saturated rings. The van der Waals surface area contributed by atoms with Gasteiger partial charge in [-0.1, -0.05) is 46.6 Å². The summed E-state index contributed by atoms with van der Waals surface area (Å²) in [5.74, 6) is 0.612. The zero-order valence-corrected chi connectivity index (χ0v) is 24.2. The van der Waals surface area contributed by atoms with E-state index in [1.165, 1.54) is 30.5 Å². The van der Waals surface area contributed by atoms with Crippen molar-refractivity contribution in [2.45, 2.75) is 31.7 Å². The second-order valence-electron chi connectivity index (χ2n) is 8.13. The van der Waals surface area contributed by atoms with Crippen molar-refractivity contribution in [3.05, 3.63) is 87.4 Å². The van der Waals surface area contributed by atoms with E-state index in [1.807, 2.05) is 26.0 Å². The number of benzene rings is 3. The number of rotatable bonds is 13. The van der Waals surface area contributed by atoms with Crippen molar-refractivity contribution < 1.29 is 22.7 Å². The number of carbonyl (C=O) groups is 1. The quantitative estimate of drug-likeness (QED) is 0.197. The summed E-state index contributed by atoms with van der Waals surface area (Å²) in [4.78, 5) is 12.8. The van der Waals surface area contributed by atoms with Crippen molar-refractivity contribution in [3.8, 4) is 11.5 Å². The molecule has 3 aromatic carbocycles. The van der Waals surface area contributed by atoms with Crippen LogP contribution in [0.5, 0.6) is 11.5 Å². The fraction of sp³-hybridized carbons (Fsp3) is 0.259. The van der Waals surface area contributed by atoms with Crippen LogP contribution in [0.2, 0.25) is 5.02 Å². The Hall–Kier alpha value is -2.92. The van der Waals surface area contributed by atoms with Crippen molar-refractivity contribution >= 4 is 49.7 Å². The van der Waals surface area contributed by atoms with Crippen LogP contribution in [0.25, 0.3) is 0 Å². The first-order valence-corrected chi connectivity index (χ1v) is 14.6. The smallest absolute Gasteiger partial charge is 0.255 e. The van der Waals surface area contributed by atoms with E-state index in [1.54, 1.807) is 30.3 Å². The van der Waals surface area contributed by atoms with Crippen molar-refractivity contribution in [2.75, 3.05) is 19.8 Å². The van der Waals surface area contributed by atoms with Gasteiger partial charge >= 0.3 is 0 Å². The lowest BCUT2D eigenvalue weighted by Crippen LogP contribution is -2.39. The van der Waals surface area contributed by atoms with E-state index < -0.39 is 22.5 Å². The first-order chi connectivity index (χ1) is 18.2. The van der Waals surface area contributed by atoms with Crippen LogP contribution >= 0.6 is 27.5 Å². The van der Waals surface area contributed by atoms with Crippen LogP contribution < -0.4 is 14.9 Å². The van der Waals surface area contributed by atoms with Gasteiger partial charge in [0.25, 0.3) is 5.91 Å². The molecule has 11 heteroatoms. The molecule has 202 valence electrons. The highest BCUT2D eigenvalue weighted by molar-refractivity contribution is 9.10. The molecule has 0 saturated heterocycles. The second-order valence-corrected chi connectivity index (χ2v) is 11.4. The lowest BCUT2D eigenvalue weighted by molar-refractivity contribution is -0.121. The minimum absolute atomic E-state index is 0.00763. The predicted molar refractivity (Wildman–Crippen MR) is 152 cm³/mol. The molecule has 0 aliphatic rings.